The van der Waals surface area contributed by atoms with Gasteiger partial charge >= 0.3 is 0 Å². The average Bonchev–Trinajstić information content (AvgIpc) is 3.14. The van der Waals surface area contributed by atoms with Crippen molar-refractivity contribution in [3.63, 3.8) is 0 Å². The molecule has 1 aliphatic rings. The summed E-state index contributed by atoms with van der Waals surface area (Å²) in [6.07, 6.45) is 1.61. The van der Waals surface area contributed by atoms with E-state index in [1.807, 2.05) is 47.8 Å². The lowest BCUT2D eigenvalue weighted by Gasteiger charge is -2.40. The topological polar surface area (TPSA) is 89.4 Å². The van der Waals surface area contributed by atoms with E-state index >= 15 is 0 Å². The third-order valence-corrected chi connectivity index (χ3v) is 5.94. The van der Waals surface area contributed by atoms with Gasteiger partial charge in [-0.25, -0.2) is 0 Å². The van der Waals surface area contributed by atoms with Crippen molar-refractivity contribution in [3.05, 3.63) is 58.3 Å². The average molecular weight is 357 g/mol. The summed E-state index contributed by atoms with van der Waals surface area (Å²) in [5, 5.41) is 1.98. The van der Waals surface area contributed by atoms with Gasteiger partial charge < -0.3 is 16.4 Å². The van der Waals surface area contributed by atoms with Crippen LogP contribution >= 0.6 is 11.3 Å². The highest BCUT2D eigenvalue weighted by molar-refractivity contribution is 7.09. The Balaban J connectivity index is 1.67. The zero-order chi connectivity index (χ0) is 17.9. The van der Waals surface area contributed by atoms with Crippen LogP contribution in [0, 0.1) is 0 Å². The van der Waals surface area contributed by atoms with E-state index in [0.29, 0.717) is 32.4 Å². The fraction of sp³-hybridized carbons (Fsp3) is 0.368. The highest BCUT2D eigenvalue weighted by atomic mass is 32.1. The van der Waals surface area contributed by atoms with E-state index < -0.39 is 11.5 Å². The number of carbonyl (C=O) groups is 2. The minimum atomic E-state index is -0.699. The molecule has 2 aromatic rings. The van der Waals surface area contributed by atoms with Crippen LogP contribution in [0.4, 0.5) is 0 Å². The van der Waals surface area contributed by atoms with E-state index in [9.17, 15) is 9.59 Å². The van der Waals surface area contributed by atoms with Crippen LogP contribution in [-0.4, -0.2) is 35.8 Å². The molecule has 6 heteroatoms. The van der Waals surface area contributed by atoms with Crippen LogP contribution in [-0.2, 0) is 21.4 Å². The van der Waals surface area contributed by atoms with Gasteiger partial charge in [-0.2, -0.15) is 0 Å². The van der Waals surface area contributed by atoms with Crippen molar-refractivity contribution >= 4 is 23.2 Å². The van der Waals surface area contributed by atoms with E-state index in [4.69, 9.17) is 11.5 Å². The number of amides is 2. The first kappa shape index (κ1) is 17.6. The Labute approximate surface area is 151 Å². The summed E-state index contributed by atoms with van der Waals surface area (Å²) in [6, 6.07) is 13.0. The van der Waals surface area contributed by atoms with Crippen molar-refractivity contribution in [1.82, 2.24) is 4.90 Å². The molecule has 2 amide bonds. The number of hydrogen-bond donors (Lipinski definition) is 2. The van der Waals surface area contributed by atoms with Gasteiger partial charge in [-0.05, 0) is 29.9 Å². The quantitative estimate of drug-likeness (QED) is 0.853. The monoisotopic (exact) mass is 357 g/mol. The molecule has 0 bridgehead atoms. The highest BCUT2D eigenvalue weighted by Gasteiger charge is 2.42. The maximum atomic E-state index is 12.6. The molecule has 0 unspecified atom stereocenters. The summed E-state index contributed by atoms with van der Waals surface area (Å²) in [5.74, 6) is -0.381. The molecule has 0 radical (unpaired) electrons. The molecular weight excluding hydrogens is 334 g/mol. The summed E-state index contributed by atoms with van der Waals surface area (Å²) >= 11 is 1.60. The number of piperidine rings is 1. The van der Waals surface area contributed by atoms with Gasteiger partial charge in [-0.3, -0.25) is 9.59 Å². The first-order valence-corrected chi connectivity index (χ1v) is 9.33. The second-order valence-corrected chi connectivity index (χ2v) is 7.56. The van der Waals surface area contributed by atoms with Crippen molar-refractivity contribution in [2.75, 3.05) is 13.1 Å². The van der Waals surface area contributed by atoms with Crippen LogP contribution in [0.1, 0.15) is 23.3 Å². The Morgan fingerprint density at radius 3 is 2.36 bits per heavy atom. The highest BCUT2D eigenvalue weighted by Crippen LogP contribution is 2.35. The molecule has 0 saturated carbocycles. The number of thiophene rings is 1. The van der Waals surface area contributed by atoms with Crippen molar-refractivity contribution in [2.24, 2.45) is 11.5 Å². The molecule has 1 fully saturated rings. The molecule has 1 aromatic carbocycles. The van der Waals surface area contributed by atoms with Crippen LogP contribution in [0.2, 0.25) is 0 Å². The molecule has 4 N–H and O–H groups in total. The standard InChI is InChI=1S/C19H23N3O2S/c20-16(13-15-7-4-12-25-15)17(23)22-10-8-19(9-11-22,18(21)24)14-5-2-1-3-6-14/h1-7,12,16H,8-11,13,20H2,(H2,21,24)/t16-/m0/s1. The number of hydrogen-bond acceptors (Lipinski definition) is 4. The number of likely N-dealkylation sites (tertiary alicyclic amines) is 1. The Morgan fingerprint density at radius 1 is 1.12 bits per heavy atom. The van der Waals surface area contributed by atoms with Crippen molar-refractivity contribution in [2.45, 2.75) is 30.7 Å². The van der Waals surface area contributed by atoms with Gasteiger partial charge in [0.15, 0.2) is 0 Å². The molecule has 1 saturated heterocycles. The van der Waals surface area contributed by atoms with Gasteiger partial charge in [-0.1, -0.05) is 36.4 Å². The maximum absolute atomic E-state index is 12.6. The second-order valence-electron chi connectivity index (χ2n) is 6.53. The molecule has 0 aliphatic carbocycles. The van der Waals surface area contributed by atoms with Gasteiger partial charge in [0.05, 0.1) is 11.5 Å². The van der Waals surface area contributed by atoms with Crippen LogP contribution in [0.25, 0.3) is 0 Å². The van der Waals surface area contributed by atoms with E-state index in [-0.39, 0.29) is 11.8 Å². The van der Waals surface area contributed by atoms with Crippen LogP contribution < -0.4 is 11.5 Å². The van der Waals surface area contributed by atoms with Crippen molar-refractivity contribution in [3.8, 4) is 0 Å². The number of rotatable bonds is 5. The van der Waals surface area contributed by atoms with Gasteiger partial charge in [0, 0.05) is 24.4 Å². The Kier molecular flexibility index (Phi) is 5.20. The lowest BCUT2D eigenvalue weighted by molar-refractivity contribution is -0.137. The number of nitrogens with zero attached hydrogens (tertiary/aromatic N) is 1. The largest absolute Gasteiger partial charge is 0.369 e. The zero-order valence-electron chi connectivity index (χ0n) is 14.1. The number of carbonyl (C=O) groups excluding carboxylic acids is 2. The van der Waals surface area contributed by atoms with E-state index in [1.54, 1.807) is 16.2 Å². The molecular formula is C19H23N3O2S. The lowest BCUT2D eigenvalue weighted by atomic mass is 9.72. The summed E-state index contributed by atoms with van der Waals surface area (Å²) in [4.78, 5) is 27.7. The third-order valence-electron chi connectivity index (χ3n) is 5.05. The Bertz CT molecular complexity index is 722. The first-order chi connectivity index (χ1) is 12.0. The molecule has 3 rings (SSSR count). The molecule has 1 atom stereocenters. The van der Waals surface area contributed by atoms with Gasteiger partial charge in [0.25, 0.3) is 0 Å². The smallest absolute Gasteiger partial charge is 0.239 e. The van der Waals surface area contributed by atoms with Gasteiger partial charge in [0.2, 0.25) is 11.8 Å². The SMILES string of the molecule is NC(=O)C1(c2ccccc2)CCN(C(=O)[C@@H](N)Cc2cccs2)CC1. The van der Waals surface area contributed by atoms with E-state index in [1.165, 1.54) is 0 Å². The molecule has 5 nitrogen and oxygen atoms in total. The summed E-state index contributed by atoms with van der Waals surface area (Å²) in [7, 11) is 0. The number of benzene rings is 1. The Hall–Kier alpha value is -2.18. The molecule has 1 aliphatic heterocycles. The van der Waals surface area contributed by atoms with Crippen molar-refractivity contribution < 1.29 is 9.59 Å². The second kappa shape index (κ2) is 7.37. The summed E-state index contributed by atoms with van der Waals surface area (Å²) in [6.45, 7) is 0.990. The van der Waals surface area contributed by atoms with Crippen LogP contribution in [0.3, 0.4) is 0 Å². The molecule has 1 aromatic heterocycles. The summed E-state index contributed by atoms with van der Waals surface area (Å²) < 4.78 is 0. The van der Waals surface area contributed by atoms with Gasteiger partial charge in [0.1, 0.15) is 0 Å². The number of primary amides is 1. The van der Waals surface area contributed by atoms with E-state index in [0.717, 1.165) is 10.4 Å². The van der Waals surface area contributed by atoms with E-state index in [2.05, 4.69) is 0 Å². The minimum absolute atomic E-state index is 0.0560. The molecule has 25 heavy (non-hydrogen) atoms. The molecule has 132 valence electrons. The zero-order valence-corrected chi connectivity index (χ0v) is 14.9. The normalized spacial score (nSPS) is 17.9. The lowest BCUT2D eigenvalue weighted by Crippen LogP contribution is -2.54. The Morgan fingerprint density at radius 2 is 1.80 bits per heavy atom. The van der Waals surface area contributed by atoms with Gasteiger partial charge in [-0.15, -0.1) is 11.3 Å². The molecule has 2 heterocycles. The fourth-order valence-corrected chi connectivity index (χ4v) is 4.28. The summed E-state index contributed by atoms with van der Waals surface area (Å²) in [5.41, 5.74) is 12.1. The predicted octanol–water partition coefficient (Wildman–Crippen LogP) is 1.66. The maximum Gasteiger partial charge on any atom is 0.239 e. The van der Waals surface area contributed by atoms with Crippen molar-refractivity contribution in [1.29, 1.82) is 0 Å². The fourth-order valence-electron chi connectivity index (χ4n) is 3.51. The molecule has 0 spiro atoms. The predicted molar refractivity (Wildman–Crippen MR) is 99.1 cm³/mol. The first-order valence-electron chi connectivity index (χ1n) is 8.45. The van der Waals surface area contributed by atoms with Crippen LogP contribution in [0.5, 0.6) is 0 Å². The minimum Gasteiger partial charge on any atom is -0.369 e. The third kappa shape index (κ3) is 3.60. The number of nitrogens with two attached hydrogens (primary N) is 2. The van der Waals surface area contributed by atoms with Crippen LogP contribution in [0.15, 0.2) is 47.8 Å².